The van der Waals surface area contributed by atoms with E-state index in [1.54, 1.807) is 0 Å². The molecule has 0 spiro atoms. The normalized spacial score (nSPS) is 9.85. The van der Waals surface area contributed by atoms with E-state index in [1.807, 2.05) is 0 Å². The summed E-state index contributed by atoms with van der Waals surface area (Å²) in [5, 5.41) is 16.8. The maximum absolute atomic E-state index is 8.54. The Morgan fingerprint density at radius 3 is 1.69 bits per heavy atom. The Labute approximate surface area is 81.6 Å². The van der Waals surface area contributed by atoms with Gasteiger partial charge in [0.05, 0.1) is 6.07 Å². The predicted molar refractivity (Wildman–Crippen MR) is 54.3 cm³/mol. The molecular weight excluding hydrogens is 164 g/mol. The standard InChI is InChI=1S/C11H21NO/c12-10-8-6-4-2-1-3-5-7-9-11-13/h13H,1-9,11H2/i10+2. The molecule has 1 N–H and O–H groups in total. The zero-order valence-corrected chi connectivity index (χ0v) is 8.47. The summed E-state index contributed by atoms with van der Waals surface area (Å²) in [6, 6.07) is 2.16. The fraction of sp³-hybridized carbons (Fsp3) is 0.909. The molecule has 0 unspecified atom stereocenters. The Morgan fingerprint density at radius 2 is 1.23 bits per heavy atom. The first kappa shape index (κ1) is 12.4. The summed E-state index contributed by atoms with van der Waals surface area (Å²) in [5.74, 6) is 0. The molecule has 2 nitrogen and oxygen atoms in total. The van der Waals surface area contributed by atoms with Crippen molar-refractivity contribution in [3.63, 3.8) is 0 Å². The van der Waals surface area contributed by atoms with Crippen LogP contribution < -0.4 is 0 Å². The molecule has 2 heteroatoms. The molecule has 0 aliphatic rings. The number of nitrogens with zero attached hydrogens (tertiary/aromatic N) is 1. The molecule has 0 atom stereocenters. The van der Waals surface area contributed by atoms with Gasteiger partial charge in [-0.05, 0) is 12.8 Å². The fourth-order valence-electron chi connectivity index (χ4n) is 1.38. The van der Waals surface area contributed by atoms with Gasteiger partial charge in [-0.2, -0.15) is 5.26 Å². The summed E-state index contributed by atoms with van der Waals surface area (Å²) in [7, 11) is 0. The van der Waals surface area contributed by atoms with Gasteiger partial charge < -0.3 is 5.11 Å². The molecule has 0 amide bonds. The van der Waals surface area contributed by atoms with Gasteiger partial charge in [0.25, 0.3) is 0 Å². The van der Waals surface area contributed by atoms with Crippen molar-refractivity contribution >= 4 is 0 Å². The van der Waals surface area contributed by atoms with Gasteiger partial charge in [-0.15, -0.1) is 0 Å². The van der Waals surface area contributed by atoms with Gasteiger partial charge in [-0.3, -0.25) is 0 Å². The lowest BCUT2D eigenvalue weighted by molar-refractivity contribution is 0.282. The van der Waals surface area contributed by atoms with E-state index in [9.17, 15) is 0 Å². The van der Waals surface area contributed by atoms with Crippen molar-refractivity contribution in [3.8, 4) is 6.07 Å². The Bertz CT molecular complexity index is 129. The summed E-state index contributed by atoms with van der Waals surface area (Å²) < 4.78 is 0. The average molecular weight is 185 g/mol. The van der Waals surface area contributed by atoms with E-state index >= 15 is 0 Å². The minimum atomic E-state index is 0.335. The van der Waals surface area contributed by atoms with Gasteiger partial charge in [0.1, 0.15) is 0 Å². The van der Waals surface area contributed by atoms with Crippen LogP contribution in [0.25, 0.3) is 0 Å². The van der Waals surface area contributed by atoms with E-state index in [4.69, 9.17) is 10.4 Å². The van der Waals surface area contributed by atoms with Crippen molar-refractivity contribution < 1.29 is 5.11 Å². The minimum Gasteiger partial charge on any atom is -0.396 e. The molecule has 0 saturated heterocycles. The van der Waals surface area contributed by atoms with Crippen molar-refractivity contribution in [2.24, 2.45) is 0 Å². The van der Waals surface area contributed by atoms with Gasteiger partial charge >= 0.3 is 0 Å². The third-order valence-corrected chi connectivity index (χ3v) is 2.20. The van der Waals surface area contributed by atoms with Gasteiger partial charge in [0, 0.05) is 13.0 Å². The topological polar surface area (TPSA) is 44.0 Å². The smallest absolute Gasteiger partial charge is 0.0621 e. The van der Waals surface area contributed by atoms with Crippen molar-refractivity contribution in [2.45, 2.75) is 57.8 Å². The Morgan fingerprint density at radius 1 is 0.769 bits per heavy atom. The molecule has 0 bridgehead atoms. The Balaban J connectivity index is 2.80. The Kier molecular flexibility index (Phi) is 11.0. The van der Waals surface area contributed by atoms with Crippen LogP contribution in [0.15, 0.2) is 0 Å². The third kappa shape index (κ3) is 11.5. The van der Waals surface area contributed by atoms with E-state index in [-0.39, 0.29) is 0 Å². The van der Waals surface area contributed by atoms with E-state index in [1.165, 1.54) is 32.1 Å². The highest BCUT2D eigenvalue weighted by Crippen LogP contribution is 2.08. The number of nitriles is 1. The lowest BCUT2D eigenvalue weighted by Gasteiger charge is -1.99. The van der Waals surface area contributed by atoms with Crippen LogP contribution in [0.1, 0.15) is 57.8 Å². The molecule has 0 fully saturated rings. The first-order valence-corrected chi connectivity index (χ1v) is 5.39. The van der Waals surface area contributed by atoms with Gasteiger partial charge in [0.2, 0.25) is 0 Å². The van der Waals surface area contributed by atoms with Crippen LogP contribution in [-0.4, -0.2) is 11.7 Å². The van der Waals surface area contributed by atoms with Crippen LogP contribution in [0.4, 0.5) is 0 Å². The van der Waals surface area contributed by atoms with E-state index in [0.29, 0.717) is 13.0 Å². The summed E-state index contributed by atoms with van der Waals surface area (Å²) in [5.41, 5.74) is 0. The van der Waals surface area contributed by atoms with Crippen molar-refractivity contribution in [1.29, 1.82) is 5.26 Å². The highest BCUT2D eigenvalue weighted by Gasteiger charge is 1.91. The zero-order chi connectivity index (χ0) is 9.78. The molecule has 0 aliphatic carbocycles. The average Bonchev–Trinajstić information content (AvgIpc) is 2.16. The predicted octanol–water partition coefficient (Wildman–Crippen LogP) is 3.01. The van der Waals surface area contributed by atoms with Crippen LogP contribution in [0.3, 0.4) is 0 Å². The van der Waals surface area contributed by atoms with Crippen LogP contribution in [-0.2, 0) is 0 Å². The summed E-state index contributed by atoms with van der Waals surface area (Å²) in [6.45, 7) is 0.335. The number of aliphatic hydroxyl groups excluding tert-OH is 1. The molecule has 0 radical (unpaired) electrons. The highest BCUT2D eigenvalue weighted by molar-refractivity contribution is 4.67. The monoisotopic (exact) mass is 185 g/mol. The molecule has 0 saturated carbocycles. The first-order valence-electron chi connectivity index (χ1n) is 5.39. The molecule has 0 heterocycles. The van der Waals surface area contributed by atoms with Gasteiger partial charge in [-0.1, -0.05) is 38.5 Å². The van der Waals surface area contributed by atoms with Gasteiger partial charge in [-0.25, -0.2) is 0 Å². The second kappa shape index (κ2) is 11.4. The van der Waals surface area contributed by atoms with Gasteiger partial charge in [0.15, 0.2) is 0 Å². The highest BCUT2D eigenvalue weighted by atomic mass is 16.2. The maximum Gasteiger partial charge on any atom is 0.0621 e. The minimum absolute atomic E-state index is 0.335. The fourth-order valence-corrected chi connectivity index (χ4v) is 1.38. The third-order valence-electron chi connectivity index (χ3n) is 2.20. The molecule has 76 valence electrons. The summed E-state index contributed by atoms with van der Waals surface area (Å²) in [6.07, 6.45) is 10.2. The largest absolute Gasteiger partial charge is 0.396 e. The lowest BCUT2D eigenvalue weighted by atomic mass is 10.1. The molecule has 0 aromatic rings. The quantitative estimate of drug-likeness (QED) is 0.561. The molecule has 13 heavy (non-hydrogen) atoms. The van der Waals surface area contributed by atoms with E-state index in [2.05, 4.69) is 6.07 Å². The number of hydrogen-bond donors (Lipinski definition) is 1. The molecule has 0 rings (SSSR count). The van der Waals surface area contributed by atoms with Crippen LogP contribution in [0.2, 0.25) is 0 Å². The van der Waals surface area contributed by atoms with Crippen molar-refractivity contribution in [3.05, 3.63) is 0 Å². The summed E-state index contributed by atoms with van der Waals surface area (Å²) >= 11 is 0. The Hall–Kier alpha value is -0.550. The molecular formula is C11H21NO. The molecule has 0 aromatic carbocycles. The lowest BCUT2D eigenvalue weighted by Crippen LogP contribution is -1.84. The number of aliphatic hydroxyl groups is 1. The van der Waals surface area contributed by atoms with Crippen molar-refractivity contribution in [1.82, 2.24) is 0 Å². The van der Waals surface area contributed by atoms with E-state index < -0.39 is 0 Å². The zero-order valence-electron chi connectivity index (χ0n) is 8.47. The van der Waals surface area contributed by atoms with E-state index in [0.717, 1.165) is 19.3 Å². The number of unbranched alkanes of at least 4 members (excludes halogenated alkanes) is 8. The number of rotatable bonds is 9. The van der Waals surface area contributed by atoms with Crippen LogP contribution >= 0.6 is 0 Å². The summed E-state index contributed by atoms with van der Waals surface area (Å²) in [4.78, 5) is 0. The second-order valence-electron chi connectivity index (χ2n) is 3.46. The number of hydrogen-bond acceptors (Lipinski definition) is 2. The van der Waals surface area contributed by atoms with Crippen molar-refractivity contribution in [2.75, 3.05) is 6.61 Å². The molecule has 0 aliphatic heterocycles. The SMILES string of the molecule is N#[14C]CCCCCCCCCCO. The van der Waals surface area contributed by atoms with Crippen LogP contribution in [0.5, 0.6) is 0 Å². The maximum atomic E-state index is 8.54. The van der Waals surface area contributed by atoms with Crippen LogP contribution in [0, 0.1) is 11.3 Å². The molecule has 0 aromatic heterocycles. The second-order valence-corrected chi connectivity index (χ2v) is 3.46. The first-order chi connectivity index (χ1) is 6.41.